The molecule has 2 rings (SSSR count). The predicted octanol–water partition coefficient (Wildman–Crippen LogP) is 5.77. The first kappa shape index (κ1) is 54.7. The van der Waals surface area contributed by atoms with Gasteiger partial charge in [0.25, 0.3) is 0 Å². The van der Waals surface area contributed by atoms with Gasteiger partial charge in [-0.15, -0.1) is 0 Å². The topological polar surface area (TPSA) is 270 Å². The zero-order valence-electron chi connectivity index (χ0n) is 38.7. The maximum absolute atomic E-state index is 14.4. The number of carbonyl (C=O) groups excluding carboxylic acids is 5. The molecule has 0 unspecified atom stereocenters. The quantitative estimate of drug-likeness (QED) is 0.0232. The Morgan fingerprint density at radius 2 is 1.05 bits per heavy atom. The number of amides is 3. The summed E-state index contributed by atoms with van der Waals surface area (Å²) in [6, 6.07) is 12.7. The number of rotatable bonds is 36. The largest absolute Gasteiger partial charge is 0.508 e. The van der Waals surface area contributed by atoms with Crippen molar-refractivity contribution in [1.29, 1.82) is 0 Å². The average molecular weight is 890 g/mol. The van der Waals surface area contributed by atoms with Crippen LogP contribution in [0.2, 0.25) is 0 Å². The number of phenolic OH excluding ortho intramolecular Hbond substituents is 1. The van der Waals surface area contributed by atoms with E-state index in [2.05, 4.69) is 32.9 Å². The van der Waals surface area contributed by atoms with Gasteiger partial charge in [0.05, 0.1) is 12.1 Å². The molecule has 2 aromatic carbocycles. The van der Waals surface area contributed by atoms with Crippen LogP contribution in [0.25, 0.3) is 0 Å². The van der Waals surface area contributed by atoms with Gasteiger partial charge in [0.1, 0.15) is 11.8 Å². The van der Waals surface area contributed by atoms with Gasteiger partial charge in [-0.2, -0.15) is 0 Å². The first-order valence-corrected chi connectivity index (χ1v) is 23.7. The number of Topliss-reactive ketones (excluding diaryl/α,β-unsaturated/α-hetero) is 2. The van der Waals surface area contributed by atoms with Gasteiger partial charge in [-0.05, 0) is 61.8 Å². The molecular formula is C49H79N9O6. The number of carbonyl (C=O) groups is 5. The Bertz CT molecular complexity index is 1710. The Hall–Kier alpha value is -5.47. The highest BCUT2D eigenvalue weighted by Gasteiger charge is 2.32. The smallest absolute Gasteiger partial charge is 0.243 e. The first-order chi connectivity index (χ1) is 30.8. The van der Waals surface area contributed by atoms with Crippen molar-refractivity contribution in [3.8, 4) is 5.75 Å². The van der Waals surface area contributed by atoms with Crippen molar-refractivity contribution in [3.05, 3.63) is 65.7 Å². The van der Waals surface area contributed by atoms with Crippen molar-refractivity contribution < 1.29 is 29.1 Å². The molecule has 0 spiro atoms. The van der Waals surface area contributed by atoms with E-state index in [4.69, 9.17) is 22.9 Å². The molecule has 4 atom stereocenters. The van der Waals surface area contributed by atoms with Crippen molar-refractivity contribution in [1.82, 2.24) is 16.0 Å². The summed E-state index contributed by atoms with van der Waals surface area (Å²) in [4.78, 5) is 76.9. The number of aliphatic imine (C=N–C) groups is 2. The minimum absolute atomic E-state index is 0.0675. The number of ketones is 2. The van der Waals surface area contributed by atoms with Crippen LogP contribution in [-0.2, 0) is 36.8 Å². The van der Waals surface area contributed by atoms with Crippen LogP contribution in [0.15, 0.2) is 64.6 Å². The Morgan fingerprint density at radius 1 is 0.547 bits per heavy atom. The zero-order chi connectivity index (χ0) is 47.0. The molecule has 356 valence electrons. The van der Waals surface area contributed by atoms with E-state index in [0.29, 0.717) is 31.2 Å². The molecule has 0 heterocycles. The third-order valence-corrected chi connectivity index (χ3v) is 11.3. The number of nitrogens with zero attached hydrogens (tertiary/aromatic N) is 2. The summed E-state index contributed by atoms with van der Waals surface area (Å²) in [6.07, 6.45) is 17.2. The summed E-state index contributed by atoms with van der Waals surface area (Å²) in [5.41, 5.74) is 23.5. The lowest BCUT2D eigenvalue weighted by molar-refractivity contribution is -0.134. The highest BCUT2D eigenvalue weighted by Crippen LogP contribution is 2.19. The average Bonchev–Trinajstić information content (AvgIpc) is 3.27. The molecular weight excluding hydrogens is 811 g/mol. The molecule has 64 heavy (non-hydrogen) atoms. The lowest BCUT2D eigenvalue weighted by atomic mass is 9.90. The molecule has 0 saturated carbocycles. The van der Waals surface area contributed by atoms with Gasteiger partial charge < -0.3 is 44.0 Å². The third-order valence-electron chi connectivity index (χ3n) is 11.3. The van der Waals surface area contributed by atoms with E-state index in [1.165, 1.54) is 69.9 Å². The first-order valence-electron chi connectivity index (χ1n) is 23.7. The van der Waals surface area contributed by atoms with Gasteiger partial charge in [-0.25, -0.2) is 0 Å². The molecule has 0 aliphatic rings. The molecule has 0 saturated heterocycles. The molecule has 0 fully saturated rings. The Morgan fingerprint density at radius 3 is 1.59 bits per heavy atom. The van der Waals surface area contributed by atoms with Crippen LogP contribution < -0.4 is 38.9 Å². The molecule has 2 aromatic rings. The van der Waals surface area contributed by atoms with Crippen LogP contribution in [0.5, 0.6) is 5.75 Å². The molecule has 0 radical (unpaired) electrons. The van der Waals surface area contributed by atoms with Crippen LogP contribution >= 0.6 is 0 Å². The van der Waals surface area contributed by atoms with Gasteiger partial charge in [0.15, 0.2) is 23.5 Å². The van der Waals surface area contributed by atoms with Crippen molar-refractivity contribution in [2.24, 2.45) is 38.8 Å². The molecule has 3 amide bonds. The molecule has 0 aromatic heterocycles. The van der Waals surface area contributed by atoms with Crippen molar-refractivity contribution in [2.75, 3.05) is 13.1 Å². The third kappa shape index (κ3) is 25.0. The molecule has 0 bridgehead atoms. The van der Waals surface area contributed by atoms with Gasteiger partial charge >= 0.3 is 0 Å². The maximum Gasteiger partial charge on any atom is 0.243 e. The number of nitrogens with two attached hydrogens (primary N) is 4. The minimum atomic E-state index is -1.06. The lowest BCUT2D eigenvalue weighted by Crippen LogP contribution is -2.53. The van der Waals surface area contributed by atoms with E-state index in [0.717, 1.165) is 24.8 Å². The second kappa shape index (κ2) is 33.1. The van der Waals surface area contributed by atoms with E-state index in [-0.39, 0.29) is 81.0 Å². The van der Waals surface area contributed by atoms with Crippen LogP contribution in [0, 0.1) is 5.92 Å². The fourth-order valence-electron chi connectivity index (χ4n) is 7.62. The Balaban J connectivity index is 2.22. The number of hydrogen-bond donors (Lipinski definition) is 8. The van der Waals surface area contributed by atoms with E-state index >= 15 is 0 Å². The van der Waals surface area contributed by atoms with Gasteiger partial charge in [-0.3, -0.25) is 34.0 Å². The normalized spacial score (nSPS) is 12.8. The minimum Gasteiger partial charge on any atom is -0.508 e. The summed E-state index contributed by atoms with van der Waals surface area (Å²) in [7, 11) is 0. The second-order valence-electron chi connectivity index (χ2n) is 16.9. The molecule has 15 heteroatoms. The van der Waals surface area contributed by atoms with E-state index in [9.17, 15) is 29.1 Å². The number of guanidine groups is 2. The van der Waals surface area contributed by atoms with E-state index in [1.807, 2.05) is 30.3 Å². The van der Waals surface area contributed by atoms with Crippen LogP contribution in [0.3, 0.4) is 0 Å². The maximum atomic E-state index is 14.4. The Labute approximate surface area is 381 Å². The number of nitrogens with one attached hydrogen (secondary N) is 3. The Kier molecular flexibility index (Phi) is 28.3. The predicted molar refractivity (Wildman–Crippen MR) is 256 cm³/mol. The number of benzene rings is 2. The summed E-state index contributed by atoms with van der Waals surface area (Å²) < 4.78 is 0. The van der Waals surface area contributed by atoms with Gasteiger partial charge in [0, 0.05) is 44.7 Å². The van der Waals surface area contributed by atoms with Crippen molar-refractivity contribution >= 4 is 41.2 Å². The van der Waals surface area contributed by atoms with Crippen molar-refractivity contribution in [2.45, 2.75) is 173 Å². The summed E-state index contributed by atoms with van der Waals surface area (Å²) >= 11 is 0. The van der Waals surface area contributed by atoms with Crippen LogP contribution in [0.4, 0.5) is 0 Å². The monoisotopic (exact) mass is 890 g/mol. The fraction of sp³-hybridized carbons (Fsp3) is 0.612. The molecule has 12 N–H and O–H groups in total. The lowest BCUT2D eigenvalue weighted by Gasteiger charge is -2.26. The van der Waals surface area contributed by atoms with E-state index in [1.54, 1.807) is 19.1 Å². The summed E-state index contributed by atoms with van der Waals surface area (Å²) in [6.45, 7) is 4.45. The molecule has 15 nitrogen and oxygen atoms in total. The molecule has 0 aliphatic carbocycles. The van der Waals surface area contributed by atoms with E-state index < -0.39 is 41.6 Å². The van der Waals surface area contributed by atoms with Crippen molar-refractivity contribution in [3.63, 3.8) is 0 Å². The van der Waals surface area contributed by atoms with Gasteiger partial charge in [-0.1, -0.05) is 133 Å². The zero-order valence-corrected chi connectivity index (χ0v) is 38.7. The van der Waals surface area contributed by atoms with Crippen LogP contribution in [-0.4, -0.2) is 77.5 Å². The number of aromatic hydroxyl groups is 1. The summed E-state index contributed by atoms with van der Waals surface area (Å²) in [5.74, 6) is -2.85. The molecule has 0 aliphatic heterocycles. The number of hydrogen-bond acceptors (Lipinski definition) is 8. The SMILES string of the molecule is CCCCCCCCCCCCCCCC(=O)N[C@@H](Cc1ccc(O)cc1)C(=O)N[C@@H](Cc1ccccc1)C(=O)C[C@@H](CCCN=C(N)N)C(=O)N[C@@H](CCCN=C(N)N)C(=O)CC. The van der Waals surface area contributed by atoms with Gasteiger partial charge in [0.2, 0.25) is 17.7 Å². The van der Waals surface area contributed by atoms with Crippen LogP contribution in [0.1, 0.15) is 153 Å². The number of unbranched alkanes of at least 4 members (excludes halogenated alkanes) is 12. The summed E-state index contributed by atoms with van der Waals surface area (Å²) in [5, 5.41) is 18.6. The number of phenols is 1. The highest BCUT2D eigenvalue weighted by molar-refractivity contribution is 5.96. The fourth-order valence-corrected chi connectivity index (χ4v) is 7.62. The second-order valence-corrected chi connectivity index (χ2v) is 16.9. The standard InChI is InChI=1S/C49H79N9O6/c1-3-5-6-7-8-9-10-11-12-13-14-15-19-26-45(62)56-42(34-37-27-29-39(59)30-28-37)47(64)58-41(33-36-22-17-16-18-23-36)44(61)35-38(24-20-31-54-48(50)51)46(63)57-40(43(60)4-2)25-21-32-55-49(52)53/h16-18,22-23,27-30,38,40-42,59H,3-15,19-21,24-26,31-35H2,1-2H3,(H,56,62)(H,57,63)(H,58,64)(H4,50,51,54)(H4,52,53,55)/t38-,40+,41+,42+/m1/s1. The highest BCUT2D eigenvalue weighted by atomic mass is 16.3.